The number of ether oxygens (including phenoxy) is 2. The van der Waals surface area contributed by atoms with Crippen LogP contribution in [-0.4, -0.2) is 41.2 Å². The molecule has 0 radical (unpaired) electrons. The van der Waals surface area contributed by atoms with Crippen LogP contribution in [0.3, 0.4) is 0 Å². The van der Waals surface area contributed by atoms with E-state index in [1.165, 1.54) is 11.8 Å². The third kappa shape index (κ3) is 4.59. The first-order valence-electron chi connectivity index (χ1n) is 9.94. The van der Waals surface area contributed by atoms with Gasteiger partial charge in [0.2, 0.25) is 11.7 Å². The topological polar surface area (TPSA) is 82.4 Å². The smallest absolute Gasteiger partial charge is 0.235 e. The quantitative estimate of drug-likeness (QED) is 0.426. The molecule has 0 spiro atoms. The third-order valence-corrected chi connectivity index (χ3v) is 6.06. The highest BCUT2D eigenvalue weighted by Crippen LogP contribution is 2.28. The molecule has 0 fully saturated rings. The lowest BCUT2D eigenvalue weighted by Gasteiger charge is -2.09. The fourth-order valence-corrected chi connectivity index (χ4v) is 4.27. The van der Waals surface area contributed by atoms with Gasteiger partial charge < -0.3 is 19.4 Å². The first-order valence-corrected chi connectivity index (χ1v) is 10.9. The predicted molar refractivity (Wildman–Crippen MR) is 119 cm³/mol. The lowest BCUT2D eigenvalue weighted by molar-refractivity contribution is -0.113. The summed E-state index contributed by atoms with van der Waals surface area (Å²) in [4.78, 5) is 31.3. The van der Waals surface area contributed by atoms with Crippen LogP contribution in [-0.2, 0) is 17.8 Å². The number of thioether (sulfide) groups is 1. The summed E-state index contributed by atoms with van der Waals surface area (Å²) in [7, 11) is 3.19. The maximum absolute atomic E-state index is 13.2. The Kier molecular flexibility index (Phi) is 6.27. The number of ketones is 1. The van der Waals surface area contributed by atoms with Crippen molar-refractivity contribution < 1.29 is 19.1 Å². The van der Waals surface area contributed by atoms with Gasteiger partial charge in [-0.2, -0.15) is 0 Å². The zero-order chi connectivity index (χ0) is 21.8. The summed E-state index contributed by atoms with van der Waals surface area (Å²) in [6.07, 6.45) is 1.72. The summed E-state index contributed by atoms with van der Waals surface area (Å²) < 4.78 is 12.3. The first kappa shape index (κ1) is 21.0. The monoisotopic (exact) mass is 437 g/mol. The molecule has 31 heavy (non-hydrogen) atoms. The number of amides is 1. The minimum Gasteiger partial charge on any atom is -0.497 e. The van der Waals surface area contributed by atoms with E-state index in [1.807, 2.05) is 28.8 Å². The van der Waals surface area contributed by atoms with E-state index in [-0.39, 0.29) is 17.4 Å². The number of carbonyl (C=O) groups excluding carboxylic acids is 2. The second kappa shape index (κ2) is 9.26. The Bertz CT molecular complexity index is 1110. The Morgan fingerprint density at radius 3 is 2.61 bits per heavy atom. The van der Waals surface area contributed by atoms with E-state index in [0.29, 0.717) is 29.4 Å². The van der Waals surface area contributed by atoms with Gasteiger partial charge >= 0.3 is 0 Å². The predicted octanol–water partition coefficient (Wildman–Crippen LogP) is 3.81. The molecule has 0 saturated heterocycles. The van der Waals surface area contributed by atoms with E-state index in [4.69, 9.17) is 9.47 Å². The van der Waals surface area contributed by atoms with Gasteiger partial charge in [0.25, 0.3) is 0 Å². The maximum atomic E-state index is 13.2. The number of nitrogens with zero attached hydrogens (tertiary/aromatic N) is 2. The highest BCUT2D eigenvalue weighted by molar-refractivity contribution is 8.00. The number of benzene rings is 2. The summed E-state index contributed by atoms with van der Waals surface area (Å²) >= 11 is 1.40. The summed E-state index contributed by atoms with van der Waals surface area (Å²) in [6.45, 7) is 0.716. The van der Waals surface area contributed by atoms with Crippen LogP contribution in [0.1, 0.15) is 28.3 Å². The zero-order valence-corrected chi connectivity index (χ0v) is 18.2. The lowest BCUT2D eigenvalue weighted by atomic mass is 10.1. The van der Waals surface area contributed by atoms with Gasteiger partial charge in [-0.1, -0.05) is 6.07 Å². The van der Waals surface area contributed by atoms with Crippen molar-refractivity contribution in [2.75, 3.05) is 25.3 Å². The molecule has 0 unspecified atom stereocenters. The summed E-state index contributed by atoms with van der Waals surface area (Å²) in [6, 6.07) is 14.5. The highest BCUT2D eigenvalue weighted by atomic mass is 32.2. The zero-order valence-electron chi connectivity index (χ0n) is 17.4. The third-order valence-electron chi connectivity index (χ3n) is 5.06. The number of rotatable bonds is 8. The molecular formula is C23H23N3O4S. The number of anilines is 1. The number of methoxy groups -OCH3 is 2. The molecule has 1 aliphatic heterocycles. The number of nitrogens with one attached hydrogen (secondary N) is 1. The summed E-state index contributed by atoms with van der Waals surface area (Å²) in [5, 5.41) is 2.84. The minimum absolute atomic E-state index is 0.168. The van der Waals surface area contributed by atoms with Gasteiger partial charge in [0.1, 0.15) is 23.0 Å². The van der Waals surface area contributed by atoms with Crippen LogP contribution in [0.4, 0.5) is 5.82 Å². The number of aromatic nitrogens is 2. The molecule has 0 saturated carbocycles. The van der Waals surface area contributed by atoms with Crippen molar-refractivity contribution in [1.29, 1.82) is 0 Å². The van der Waals surface area contributed by atoms with Crippen LogP contribution < -0.4 is 14.8 Å². The summed E-state index contributed by atoms with van der Waals surface area (Å²) in [5.74, 6) is 2.39. The fourth-order valence-electron chi connectivity index (χ4n) is 3.53. The lowest BCUT2D eigenvalue weighted by Crippen LogP contribution is -2.18. The Labute approximate surface area is 184 Å². The molecule has 4 rings (SSSR count). The molecule has 160 valence electrons. The van der Waals surface area contributed by atoms with Crippen LogP contribution in [0.5, 0.6) is 11.5 Å². The van der Waals surface area contributed by atoms with Crippen molar-refractivity contribution >= 4 is 29.3 Å². The molecule has 3 aromatic rings. The van der Waals surface area contributed by atoms with Crippen molar-refractivity contribution in [3.8, 4) is 11.5 Å². The van der Waals surface area contributed by atoms with Gasteiger partial charge in [-0.15, -0.1) is 11.8 Å². The standard InChI is InChI=1S/C23H23N3O4S/c1-29-16-10-8-15(9-11-16)22(28)21-23(24-19-7-4-12-26(19)21)25-20(27)14-31-18-6-3-5-17(13-18)30-2/h3,5-6,8-11,13H,4,7,12,14H2,1-2H3,(H,25,27). The van der Waals surface area contributed by atoms with Crippen molar-refractivity contribution in [1.82, 2.24) is 9.55 Å². The number of imidazole rings is 1. The molecule has 0 atom stereocenters. The molecule has 2 heterocycles. The number of carbonyl (C=O) groups is 2. The van der Waals surface area contributed by atoms with Gasteiger partial charge in [-0.05, 0) is 48.9 Å². The van der Waals surface area contributed by atoms with Gasteiger partial charge in [-0.25, -0.2) is 4.98 Å². The fraction of sp³-hybridized carbons (Fsp3) is 0.261. The van der Waals surface area contributed by atoms with E-state index in [2.05, 4.69) is 10.3 Å². The van der Waals surface area contributed by atoms with Crippen LogP contribution >= 0.6 is 11.8 Å². The van der Waals surface area contributed by atoms with E-state index >= 15 is 0 Å². The van der Waals surface area contributed by atoms with E-state index < -0.39 is 0 Å². The van der Waals surface area contributed by atoms with Crippen LogP contribution in [0.2, 0.25) is 0 Å². The molecule has 1 N–H and O–H groups in total. The molecule has 1 aliphatic rings. The Balaban J connectivity index is 1.51. The summed E-state index contributed by atoms with van der Waals surface area (Å²) in [5.41, 5.74) is 0.953. The Morgan fingerprint density at radius 1 is 1.10 bits per heavy atom. The number of fused-ring (bicyclic) bond motifs is 1. The number of aryl methyl sites for hydroxylation is 1. The van der Waals surface area contributed by atoms with E-state index in [1.54, 1.807) is 38.5 Å². The van der Waals surface area contributed by atoms with Gasteiger partial charge in [-0.3, -0.25) is 9.59 Å². The van der Waals surface area contributed by atoms with Gasteiger partial charge in [0, 0.05) is 23.4 Å². The van der Waals surface area contributed by atoms with Crippen molar-refractivity contribution in [2.24, 2.45) is 0 Å². The normalized spacial score (nSPS) is 12.3. The van der Waals surface area contributed by atoms with Gasteiger partial charge in [0.05, 0.1) is 20.0 Å². The number of hydrogen-bond donors (Lipinski definition) is 1. The second-order valence-corrected chi connectivity index (χ2v) is 8.10. The van der Waals surface area contributed by atoms with Crippen LogP contribution in [0.25, 0.3) is 0 Å². The molecule has 0 aliphatic carbocycles. The molecule has 8 heteroatoms. The Morgan fingerprint density at radius 2 is 1.87 bits per heavy atom. The minimum atomic E-state index is -0.214. The SMILES string of the molecule is COc1ccc(C(=O)c2c(NC(=O)CSc3cccc(OC)c3)nc3n2CCC3)cc1. The number of hydrogen-bond acceptors (Lipinski definition) is 6. The molecule has 1 aromatic heterocycles. The molecule has 1 amide bonds. The van der Waals surface area contributed by atoms with Crippen molar-refractivity contribution in [3.05, 3.63) is 65.6 Å². The maximum Gasteiger partial charge on any atom is 0.235 e. The van der Waals surface area contributed by atoms with Crippen molar-refractivity contribution in [2.45, 2.75) is 24.3 Å². The van der Waals surface area contributed by atoms with E-state index in [9.17, 15) is 9.59 Å². The molecule has 7 nitrogen and oxygen atoms in total. The highest BCUT2D eigenvalue weighted by Gasteiger charge is 2.27. The molecule has 2 aromatic carbocycles. The van der Waals surface area contributed by atoms with Crippen molar-refractivity contribution in [3.63, 3.8) is 0 Å². The van der Waals surface area contributed by atoms with Crippen LogP contribution in [0.15, 0.2) is 53.4 Å². The second-order valence-electron chi connectivity index (χ2n) is 7.05. The average molecular weight is 438 g/mol. The first-order chi connectivity index (χ1) is 15.1. The average Bonchev–Trinajstić information content (AvgIpc) is 3.38. The van der Waals surface area contributed by atoms with E-state index in [0.717, 1.165) is 29.3 Å². The Hall–Kier alpha value is -3.26. The molecule has 0 bridgehead atoms. The van der Waals surface area contributed by atoms with Crippen LogP contribution in [0, 0.1) is 0 Å². The largest absolute Gasteiger partial charge is 0.497 e. The van der Waals surface area contributed by atoms with Gasteiger partial charge in [0.15, 0.2) is 5.82 Å². The molecular weight excluding hydrogens is 414 g/mol.